The van der Waals surface area contributed by atoms with E-state index in [0.29, 0.717) is 22.5 Å². The molecule has 0 saturated carbocycles. The Labute approximate surface area is 221 Å². The zero-order valence-corrected chi connectivity index (χ0v) is 21.9. The maximum atomic E-state index is 14.4. The van der Waals surface area contributed by atoms with Crippen LogP contribution in [-0.4, -0.2) is 31.0 Å². The summed E-state index contributed by atoms with van der Waals surface area (Å²) in [5.74, 6) is -0.927. The highest BCUT2D eigenvalue weighted by atomic mass is 35.5. The zero-order chi connectivity index (χ0) is 26.7. The van der Waals surface area contributed by atoms with Crippen molar-refractivity contribution in [1.82, 2.24) is 9.55 Å². The lowest BCUT2D eigenvalue weighted by atomic mass is 10.1. The number of methoxy groups -OCH3 is 1. The standard InChI is InChI=1S/C25H21ClFN3O5S2/c1-35-24(32)16-7-10-18-22(13-16)29-25(36-14-19-20(26)3-2-4-21(19)27)30(23(18)31)12-11-15-5-8-17(9-6-15)37(28,33)34/h2-10,13H,11-12,14H2,1H3,(H2,28,33,34). The predicted octanol–water partition coefficient (Wildman–Crippen LogP) is 4.16. The maximum Gasteiger partial charge on any atom is 0.337 e. The molecule has 0 unspecified atom stereocenters. The number of aromatic nitrogens is 2. The summed E-state index contributed by atoms with van der Waals surface area (Å²) >= 11 is 7.31. The van der Waals surface area contributed by atoms with Crippen LogP contribution in [0.25, 0.3) is 10.9 Å². The lowest BCUT2D eigenvalue weighted by Gasteiger charge is -2.14. The summed E-state index contributed by atoms with van der Waals surface area (Å²) in [6.07, 6.45) is 0.381. The van der Waals surface area contributed by atoms with Gasteiger partial charge in [0.05, 0.1) is 28.5 Å². The van der Waals surface area contributed by atoms with Crippen molar-refractivity contribution in [3.05, 3.63) is 98.5 Å². The molecule has 0 amide bonds. The first-order valence-electron chi connectivity index (χ1n) is 10.9. The van der Waals surface area contributed by atoms with E-state index in [2.05, 4.69) is 4.98 Å². The Bertz CT molecular complexity index is 1640. The number of benzene rings is 3. The van der Waals surface area contributed by atoms with Gasteiger partial charge in [-0.05, 0) is 54.4 Å². The van der Waals surface area contributed by atoms with E-state index in [-0.39, 0.29) is 38.9 Å². The van der Waals surface area contributed by atoms with Crippen LogP contribution >= 0.6 is 23.4 Å². The van der Waals surface area contributed by atoms with Crippen LogP contribution < -0.4 is 10.7 Å². The monoisotopic (exact) mass is 561 g/mol. The lowest BCUT2D eigenvalue weighted by Crippen LogP contribution is -2.24. The molecule has 0 bridgehead atoms. The van der Waals surface area contributed by atoms with E-state index in [1.54, 1.807) is 18.2 Å². The predicted molar refractivity (Wildman–Crippen MR) is 140 cm³/mol. The number of nitrogens with zero attached hydrogens (tertiary/aromatic N) is 2. The maximum absolute atomic E-state index is 14.4. The molecule has 2 N–H and O–H groups in total. The van der Waals surface area contributed by atoms with E-state index in [9.17, 15) is 22.4 Å². The molecule has 8 nitrogen and oxygen atoms in total. The number of thioether (sulfide) groups is 1. The van der Waals surface area contributed by atoms with Gasteiger partial charge in [0.25, 0.3) is 5.56 Å². The summed E-state index contributed by atoms with van der Waals surface area (Å²) in [4.78, 5) is 30.0. The molecule has 4 rings (SSSR count). The molecule has 0 aliphatic rings. The number of fused-ring (bicyclic) bond motifs is 1. The highest BCUT2D eigenvalue weighted by molar-refractivity contribution is 7.98. The van der Waals surface area contributed by atoms with E-state index in [1.165, 1.54) is 54.1 Å². The number of hydrogen-bond acceptors (Lipinski definition) is 7. The third-order valence-corrected chi connectivity index (χ3v) is 7.91. The number of carbonyl (C=O) groups is 1. The van der Waals surface area contributed by atoms with E-state index < -0.39 is 21.8 Å². The number of ether oxygens (including phenoxy) is 1. The van der Waals surface area contributed by atoms with Gasteiger partial charge in [0, 0.05) is 22.9 Å². The van der Waals surface area contributed by atoms with Crippen LogP contribution in [0.4, 0.5) is 4.39 Å². The largest absolute Gasteiger partial charge is 0.465 e. The second-order valence-electron chi connectivity index (χ2n) is 8.00. The molecule has 192 valence electrons. The Morgan fingerprint density at radius 2 is 1.89 bits per heavy atom. The summed E-state index contributed by atoms with van der Waals surface area (Å²) in [5, 5.41) is 6.01. The van der Waals surface area contributed by atoms with E-state index in [1.807, 2.05) is 0 Å². The summed E-state index contributed by atoms with van der Waals surface area (Å²) in [6, 6.07) is 14.9. The molecule has 37 heavy (non-hydrogen) atoms. The highest BCUT2D eigenvalue weighted by Gasteiger charge is 2.16. The van der Waals surface area contributed by atoms with Crippen molar-refractivity contribution in [3.8, 4) is 0 Å². The van der Waals surface area contributed by atoms with Gasteiger partial charge in [-0.3, -0.25) is 9.36 Å². The molecule has 0 atom stereocenters. The molecule has 0 spiro atoms. The molecule has 0 aliphatic carbocycles. The first-order chi connectivity index (χ1) is 17.6. The minimum Gasteiger partial charge on any atom is -0.465 e. The number of rotatable bonds is 8. The average molecular weight is 562 g/mol. The molecule has 0 aliphatic heterocycles. The van der Waals surface area contributed by atoms with Crippen molar-refractivity contribution >= 4 is 50.3 Å². The average Bonchev–Trinajstić information content (AvgIpc) is 2.87. The van der Waals surface area contributed by atoms with Crippen molar-refractivity contribution in [1.29, 1.82) is 0 Å². The molecule has 0 fully saturated rings. The fourth-order valence-electron chi connectivity index (χ4n) is 3.65. The first kappa shape index (κ1) is 26.8. The smallest absolute Gasteiger partial charge is 0.337 e. The molecule has 0 saturated heterocycles. The Balaban J connectivity index is 1.72. The number of halogens is 2. The molecular weight excluding hydrogens is 541 g/mol. The van der Waals surface area contributed by atoms with Crippen LogP contribution in [0.2, 0.25) is 5.02 Å². The molecule has 1 heterocycles. The number of carbonyl (C=O) groups excluding carboxylic acids is 1. The van der Waals surface area contributed by atoms with Crippen LogP contribution in [0.5, 0.6) is 0 Å². The molecule has 1 aromatic heterocycles. The fraction of sp³-hybridized carbons (Fsp3) is 0.160. The number of sulfonamides is 1. The zero-order valence-electron chi connectivity index (χ0n) is 19.5. The Morgan fingerprint density at radius 3 is 2.54 bits per heavy atom. The van der Waals surface area contributed by atoms with Gasteiger partial charge < -0.3 is 4.74 Å². The normalized spacial score (nSPS) is 11.6. The summed E-state index contributed by atoms with van der Waals surface area (Å²) in [5.41, 5.74) is 1.24. The minimum absolute atomic E-state index is 0.0137. The van der Waals surface area contributed by atoms with Gasteiger partial charge in [-0.15, -0.1) is 0 Å². The summed E-state index contributed by atoms with van der Waals surface area (Å²) < 4.78 is 43.6. The molecule has 4 aromatic rings. The number of nitrogens with two attached hydrogens (primary N) is 1. The van der Waals surface area contributed by atoms with E-state index in [0.717, 1.165) is 17.3 Å². The van der Waals surface area contributed by atoms with Gasteiger partial charge in [0.15, 0.2) is 5.16 Å². The van der Waals surface area contributed by atoms with Gasteiger partial charge in [-0.2, -0.15) is 0 Å². The lowest BCUT2D eigenvalue weighted by molar-refractivity contribution is 0.0601. The van der Waals surface area contributed by atoms with Gasteiger partial charge in [-0.25, -0.2) is 27.7 Å². The number of esters is 1. The first-order valence-corrected chi connectivity index (χ1v) is 13.8. The van der Waals surface area contributed by atoms with Crippen molar-refractivity contribution in [2.75, 3.05) is 7.11 Å². The van der Waals surface area contributed by atoms with Crippen molar-refractivity contribution in [2.45, 2.75) is 28.8 Å². The topological polar surface area (TPSA) is 121 Å². The van der Waals surface area contributed by atoms with Crippen LogP contribution in [0.15, 0.2) is 75.5 Å². The van der Waals surface area contributed by atoms with E-state index in [4.69, 9.17) is 21.5 Å². The number of primary sulfonamides is 1. The fourth-order valence-corrected chi connectivity index (χ4v) is 5.53. The molecule has 0 radical (unpaired) electrons. The highest BCUT2D eigenvalue weighted by Crippen LogP contribution is 2.28. The van der Waals surface area contributed by atoms with Crippen LogP contribution in [0.1, 0.15) is 21.5 Å². The van der Waals surface area contributed by atoms with Crippen molar-refractivity contribution in [3.63, 3.8) is 0 Å². The molecule has 3 aromatic carbocycles. The second-order valence-corrected chi connectivity index (χ2v) is 10.9. The van der Waals surface area contributed by atoms with Crippen molar-refractivity contribution in [2.24, 2.45) is 5.14 Å². The van der Waals surface area contributed by atoms with Crippen LogP contribution in [-0.2, 0) is 33.5 Å². The molecular formula is C25H21ClFN3O5S2. The number of aryl methyl sites for hydroxylation is 1. The van der Waals surface area contributed by atoms with Crippen LogP contribution in [0, 0.1) is 5.82 Å². The van der Waals surface area contributed by atoms with Crippen LogP contribution in [0.3, 0.4) is 0 Å². The van der Waals surface area contributed by atoms with Crippen molar-refractivity contribution < 1.29 is 22.3 Å². The SMILES string of the molecule is COC(=O)c1ccc2c(=O)n(CCc3ccc(S(N)(=O)=O)cc3)c(SCc3c(F)cccc3Cl)nc2c1. The summed E-state index contributed by atoms with van der Waals surface area (Å²) in [6.45, 7) is 0.211. The Morgan fingerprint density at radius 1 is 1.16 bits per heavy atom. The van der Waals surface area contributed by atoms with Gasteiger partial charge >= 0.3 is 5.97 Å². The van der Waals surface area contributed by atoms with Gasteiger partial charge in [-0.1, -0.05) is 41.6 Å². The van der Waals surface area contributed by atoms with Gasteiger partial charge in [0.2, 0.25) is 10.0 Å². The summed E-state index contributed by atoms with van der Waals surface area (Å²) in [7, 11) is -2.56. The third-order valence-electron chi connectivity index (χ3n) is 5.62. The second kappa shape index (κ2) is 11.0. The van der Waals surface area contributed by atoms with Gasteiger partial charge in [0.1, 0.15) is 5.82 Å². The number of hydrogen-bond donors (Lipinski definition) is 1. The molecule has 12 heteroatoms. The minimum atomic E-state index is -3.82. The Kier molecular flexibility index (Phi) is 7.98. The Hall–Kier alpha value is -3.25. The third kappa shape index (κ3) is 6.02. The van der Waals surface area contributed by atoms with E-state index >= 15 is 0 Å². The quantitative estimate of drug-likeness (QED) is 0.195.